The van der Waals surface area contributed by atoms with Crippen molar-refractivity contribution in [3.8, 4) is 0 Å². The predicted molar refractivity (Wildman–Crippen MR) is 44.9 cm³/mol. The monoisotopic (exact) mass is 182 g/mol. The van der Waals surface area contributed by atoms with Gasteiger partial charge in [-0.15, -0.1) is 0 Å². The first-order valence-corrected chi connectivity index (χ1v) is 3.95. The van der Waals surface area contributed by atoms with Gasteiger partial charge in [-0.1, -0.05) is 0 Å². The molecule has 1 aliphatic rings. The second-order valence-electron chi connectivity index (χ2n) is 3.07. The van der Waals surface area contributed by atoms with Gasteiger partial charge in [0.25, 0.3) is 5.91 Å². The molecule has 1 aromatic rings. The lowest BCUT2D eigenvalue weighted by molar-refractivity contribution is 0.00550. The molecule has 0 saturated carbocycles. The number of hydrogen-bond acceptors (Lipinski definition) is 4. The third-order valence-corrected chi connectivity index (χ3v) is 1.98. The number of carbonyl (C=O) groups is 1. The number of aromatic amines is 1. The second-order valence-corrected chi connectivity index (χ2v) is 3.07. The summed E-state index contributed by atoms with van der Waals surface area (Å²) in [6.45, 7) is 0.773. The van der Waals surface area contributed by atoms with Crippen molar-refractivity contribution in [2.45, 2.75) is 6.10 Å². The number of H-pyrrole nitrogens is 1. The number of nitrogens with two attached hydrogens (primary N) is 1. The Hall–Kier alpha value is -1.56. The molecule has 0 aliphatic carbocycles. The Morgan fingerprint density at radius 2 is 2.46 bits per heavy atom. The Morgan fingerprint density at radius 3 is 2.92 bits per heavy atom. The van der Waals surface area contributed by atoms with Gasteiger partial charge in [-0.05, 0) is 0 Å². The zero-order valence-corrected chi connectivity index (χ0v) is 6.90. The molecule has 4 N–H and O–H groups in total. The van der Waals surface area contributed by atoms with Crippen LogP contribution in [0.2, 0.25) is 0 Å². The topological polar surface area (TPSA) is 95.2 Å². The molecule has 2 rings (SSSR count). The Morgan fingerprint density at radius 1 is 1.77 bits per heavy atom. The van der Waals surface area contributed by atoms with Gasteiger partial charge in [0.15, 0.2) is 0 Å². The van der Waals surface area contributed by atoms with E-state index < -0.39 is 0 Å². The molecule has 1 amide bonds. The second kappa shape index (κ2) is 2.74. The van der Waals surface area contributed by atoms with Crippen LogP contribution in [0.3, 0.4) is 0 Å². The molecule has 1 fully saturated rings. The fourth-order valence-electron chi connectivity index (χ4n) is 1.24. The van der Waals surface area contributed by atoms with Crippen LogP contribution in [0.1, 0.15) is 10.5 Å². The van der Waals surface area contributed by atoms with E-state index >= 15 is 0 Å². The fourth-order valence-corrected chi connectivity index (χ4v) is 1.24. The molecule has 70 valence electrons. The number of hydrogen-bond donors (Lipinski definition) is 3. The fraction of sp³-hybridized carbons (Fsp3) is 0.429. The lowest BCUT2D eigenvalue weighted by Crippen LogP contribution is -2.53. The molecular weight excluding hydrogens is 172 g/mol. The third-order valence-electron chi connectivity index (χ3n) is 1.98. The predicted octanol–water partition coefficient (Wildman–Crippen LogP) is -1.19. The number of likely N-dealkylation sites (tertiary alicyclic amines) is 1. The highest BCUT2D eigenvalue weighted by molar-refractivity contribution is 5.93. The molecule has 6 nitrogen and oxygen atoms in total. The van der Waals surface area contributed by atoms with Gasteiger partial charge < -0.3 is 15.7 Å². The molecule has 0 atom stereocenters. The first kappa shape index (κ1) is 8.06. The van der Waals surface area contributed by atoms with E-state index in [4.69, 9.17) is 10.8 Å². The number of nitrogens with zero attached hydrogens (tertiary/aromatic N) is 2. The Bertz CT molecular complexity index is 329. The van der Waals surface area contributed by atoms with Crippen LogP contribution >= 0.6 is 0 Å². The zero-order chi connectivity index (χ0) is 9.42. The number of anilines is 1. The average molecular weight is 182 g/mol. The molecule has 1 aliphatic heterocycles. The standard InChI is InChI=1S/C7H10N4O2/c8-6-1-5(9-10-6)7(13)11-2-4(12)3-11/h1,4,12H,2-3H2,(H3,8,9,10). The van der Waals surface area contributed by atoms with E-state index in [1.54, 1.807) is 0 Å². The minimum atomic E-state index is -0.385. The molecule has 0 spiro atoms. The quantitative estimate of drug-likeness (QED) is 0.508. The number of nitrogen functional groups attached to an aromatic ring is 1. The van der Waals surface area contributed by atoms with Crippen molar-refractivity contribution in [2.24, 2.45) is 0 Å². The number of carbonyl (C=O) groups excluding carboxylic acids is 1. The number of nitrogens with one attached hydrogen (secondary N) is 1. The maximum atomic E-state index is 11.5. The Balaban J connectivity index is 2.06. The largest absolute Gasteiger partial charge is 0.389 e. The van der Waals surface area contributed by atoms with E-state index in [9.17, 15) is 4.79 Å². The smallest absolute Gasteiger partial charge is 0.272 e. The molecule has 1 saturated heterocycles. The molecule has 0 aromatic carbocycles. The average Bonchev–Trinajstić information content (AvgIpc) is 2.45. The Kier molecular flexibility index (Phi) is 1.70. The summed E-state index contributed by atoms with van der Waals surface area (Å²) < 4.78 is 0. The van der Waals surface area contributed by atoms with Crippen molar-refractivity contribution in [1.29, 1.82) is 0 Å². The molecule has 0 unspecified atom stereocenters. The van der Waals surface area contributed by atoms with Crippen LogP contribution in [0.15, 0.2) is 6.07 Å². The Labute approximate surface area is 74.3 Å². The van der Waals surface area contributed by atoms with Gasteiger partial charge in [0.1, 0.15) is 11.5 Å². The van der Waals surface area contributed by atoms with Crippen molar-refractivity contribution in [3.63, 3.8) is 0 Å². The first-order valence-electron chi connectivity index (χ1n) is 3.95. The van der Waals surface area contributed by atoms with Crippen LogP contribution in [0.4, 0.5) is 5.82 Å². The maximum Gasteiger partial charge on any atom is 0.272 e. The van der Waals surface area contributed by atoms with Gasteiger partial charge in [-0.3, -0.25) is 9.89 Å². The van der Waals surface area contributed by atoms with Crippen molar-refractivity contribution in [3.05, 3.63) is 11.8 Å². The summed E-state index contributed by atoms with van der Waals surface area (Å²) in [5, 5.41) is 15.1. The highest BCUT2D eigenvalue weighted by Gasteiger charge is 2.30. The third kappa shape index (κ3) is 1.35. The van der Waals surface area contributed by atoms with Crippen molar-refractivity contribution in [1.82, 2.24) is 15.1 Å². The summed E-state index contributed by atoms with van der Waals surface area (Å²) in [6, 6.07) is 1.48. The highest BCUT2D eigenvalue weighted by atomic mass is 16.3. The minimum absolute atomic E-state index is 0.172. The van der Waals surface area contributed by atoms with E-state index in [2.05, 4.69) is 10.2 Å². The lowest BCUT2D eigenvalue weighted by Gasteiger charge is -2.35. The van der Waals surface area contributed by atoms with Crippen LogP contribution < -0.4 is 5.73 Å². The van der Waals surface area contributed by atoms with Gasteiger partial charge in [-0.2, -0.15) is 5.10 Å². The van der Waals surface area contributed by atoms with Crippen molar-refractivity contribution >= 4 is 11.7 Å². The van der Waals surface area contributed by atoms with E-state index in [1.165, 1.54) is 11.0 Å². The van der Waals surface area contributed by atoms with Gasteiger partial charge in [-0.25, -0.2) is 0 Å². The summed E-state index contributed by atoms with van der Waals surface area (Å²) in [7, 11) is 0. The number of aromatic nitrogens is 2. The van der Waals surface area contributed by atoms with Gasteiger partial charge >= 0.3 is 0 Å². The molecule has 2 heterocycles. The van der Waals surface area contributed by atoms with Crippen LogP contribution in [0.25, 0.3) is 0 Å². The maximum absolute atomic E-state index is 11.5. The van der Waals surface area contributed by atoms with Crippen LogP contribution in [0.5, 0.6) is 0 Å². The van der Waals surface area contributed by atoms with Crippen LogP contribution in [-0.4, -0.2) is 45.3 Å². The van der Waals surface area contributed by atoms with Crippen LogP contribution in [-0.2, 0) is 0 Å². The number of aliphatic hydroxyl groups excluding tert-OH is 1. The molecule has 6 heteroatoms. The molecule has 13 heavy (non-hydrogen) atoms. The highest BCUT2D eigenvalue weighted by Crippen LogP contribution is 2.12. The van der Waals surface area contributed by atoms with Crippen molar-refractivity contribution in [2.75, 3.05) is 18.8 Å². The van der Waals surface area contributed by atoms with Crippen molar-refractivity contribution < 1.29 is 9.90 Å². The van der Waals surface area contributed by atoms with Crippen LogP contribution in [0, 0.1) is 0 Å². The van der Waals surface area contributed by atoms with E-state index in [0.29, 0.717) is 24.6 Å². The van der Waals surface area contributed by atoms with Gasteiger partial charge in [0.2, 0.25) is 0 Å². The summed E-state index contributed by atoms with van der Waals surface area (Å²) in [4.78, 5) is 13.0. The van der Waals surface area contributed by atoms with E-state index in [0.717, 1.165) is 0 Å². The molecule has 0 radical (unpaired) electrons. The number of amides is 1. The number of β-amino-alcohol motifs (C(OH)–C–C–N with tert-alkyl or cyclic N) is 1. The first-order chi connectivity index (χ1) is 6.16. The van der Waals surface area contributed by atoms with Gasteiger partial charge in [0, 0.05) is 19.2 Å². The lowest BCUT2D eigenvalue weighted by atomic mass is 10.1. The summed E-state index contributed by atoms with van der Waals surface area (Å²) in [5.41, 5.74) is 5.71. The van der Waals surface area contributed by atoms with E-state index in [1.807, 2.05) is 0 Å². The summed E-state index contributed by atoms with van der Waals surface area (Å²) >= 11 is 0. The number of aliphatic hydroxyl groups is 1. The normalized spacial score (nSPS) is 17.2. The minimum Gasteiger partial charge on any atom is -0.389 e. The summed E-state index contributed by atoms with van der Waals surface area (Å²) in [5.74, 6) is 0.124. The molecule has 1 aromatic heterocycles. The van der Waals surface area contributed by atoms with Gasteiger partial charge in [0.05, 0.1) is 6.10 Å². The number of rotatable bonds is 1. The summed E-state index contributed by atoms with van der Waals surface area (Å²) in [6.07, 6.45) is -0.385. The van der Waals surface area contributed by atoms with E-state index in [-0.39, 0.29) is 12.0 Å². The zero-order valence-electron chi connectivity index (χ0n) is 6.90. The SMILES string of the molecule is Nc1cc(C(=O)N2CC(O)C2)[nH]n1. The molecule has 0 bridgehead atoms. The molecular formula is C7H10N4O2.